The first-order valence-electron chi connectivity index (χ1n) is 3.17. The summed E-state index contributed by atoms with van der Waals surface area (Å²) in [7, 11) is 1.23. The van der Waals surface area contributed by atoms with Gasteiger partial charge in [-0.25, -0.2) is 4.79 Å². The Morgan fingerprint density at radius 1 is 1.85 bits per heavy atom. The number of carboxylic acid groups (broad SMARTS) is 1. The predicted octanol–water partition coefficient (Wildman–Crippen LogP) is -1.57. The molecule has 0 atom stereocenters. The first kappa shape index (κ1) is 8.97. The molecule has 8 nitrogen and oxygen atoms in total. The number of aromatic nitrogens is 3. The molecule has 1 rings (SSSR count). The molecule has 1 aromatic rings. The van der Waals surface area contributed by atoms with Crippen LogP contribution in [-0.4, -0.2) is 39.0 Å². The van der Waals surface area contributed by atoms with Crippen LogP contribution >= 0.6 is 0 Å². The first-order valence-corrected chi connectivity index (χ1v) is 3.17. The second-order valence-corrected chi connectivity index (χ2v) is 1.98. The number of carboxylic acids is 1. The Morgan fingerprint density at radius 2 is 2.54 bits per heavy atom. The summed E-state index contributed by atoms with van der Waals surface area (Å²) in [6.45, 7) is 0. The fourth-order valence-electron chi connectivity index (χ4n) is 0.671. The molecule has 0 saturated carbocycles. The fourth-order valence-corrected chi connectivity index (χ4v) is 0.671. The summed E-state index contributed by atoms with van der Waals surface area (Å²) in [6, 6.07) is 0. The molecule has 0 fully saturated rings. The molecule has 13 heavy (non-hydrogen) atoms. The molecule has 0 unspecified atom stereocenters. The van der Waals surface area contributed by atoms with Crippen LogP contribution in [0.5, 0.6) is 0 Å². The second-order valence-electron chi connectivity index (χ2n) is 1.98. The van der Waals surface area contributed by atoms with Crippen LogP contribution in [0.2, 0.25) is 0 Å². The Labute approximate surface area is 72.6 Å². The topological polar surface area (TPSA) is 116 Å². The lowest BCUT2D eigenvalue weighted by Crippen LogP contribution is -2.18. The molecule has 0 aliphatic rings. The Balaban J connectivity index is 3.02. The number of carbonyl (C=O) groups is 1. The third-order valence-corrected chi connectivity index (χ3v) is 1.14. The number of rotatable bonds is 3. The molecule has 70 valence electrons. The maximum absolute atomic E-state index is 10.6. The van der Waals surface area contributed by atoms with Gasteiger partial charge in [0.1, 0.15) is 12.8 Å². The molecule has 0 amide bonds. The quantitative estimate of drug-likeness (QED) is 0.334. The van der Waals surface area contributed by atoms with E-state index in [0.717, 1.165) is 4.91 Å². The van der Waals surface area contributed by atoms with Crippen LogP contribution < -0.4 is 5.84 Å². The number of hydrogen-bond acceptors (Lipinski definition) is 6. The summed E-state index contributed by atoms with van der Waals surface area (Å²) in [6.07, 6.45) is 1.17. The number of aliphatic carboxylic acids is 1. The molecular formula is C5H7N5O3. The minimum absolute atomic E-state index is 0.0388. The molecule has 0 radical (unpaired) electrons. The summed E-state index contributed by atoms with van der Waals surface area (Å²) in [5.74, 6) is 3.86. The standard InChI is InChI=1S/C5H7N5O3/c1-13-9-4(5(11)12)3-2-7-10(6)8-3/h2H,6H2,1H3,(H,11,12)/b9-4-. The summed E-state index contributed by atoms with van der Waals surface area (Å²) in [5.41, 5.74) is -0.309. The third-order valence-electron chi connectivity index (χ3n) is 1.14. The van der Waals surface area contributed by atoms with Crippen LogP contribution in [0.25, 0.3) is 0 Å². The van der Waals surface area contributed by atoms with Gasteiger partial charge in [0, 0.05) is 0 Å². The van der Waals surface area contributed by atoms with Crippen molar-refractivity contribution in [2.45, 2.75) is 0 Å². The molecule has 0 aromatic carbocycles. The van der Waals surface area contributed by atoms with E-state index in [0.29, 0.717) is 0 Å². The van der Waals surface area contributed by atoms with Crippen molar-refractivity contribution in [2.24, 2.45) is 5.16 Å². The summed E-state index contributed by atoms with van der Waals surface area (Å²) >= 11 is 0. The van der Waals surface area contributed by atoms with Gasteiger partial charge in [-0.2, -0.15) is 0 Å². The van der Waals surface area contributed by atoms with Crippen LogP contribution in [0.15, 0.2) is 11.4 Å². The molecule has 1 aromatic heterocycles. The SMILES string of the molecule is CO/N=C(\C(=O)O)c1cnn(N)n1. The lowest BCUT2D eigenvalue weighted by atomic mass is 10.3. The molecule has 3 N–H and O–H groups in total. The lowest BCUT2D eigenvalue weighted by Gasteiger charge is -1.93. The van der Waals surface area contributed by atoms with E-state index in [2.05, 4.69) is 20.2 Å². The smallest absolute Gasteiger partial charge is 0.360 e. The highest BCUT2D eigenvalue weighted by atomic mass is 16.6. The minimum Gasteiger partial charge on any atom is -0.476 e. The Hall–Kier alpha value is -2.12. The highest BCUT2D eigenvalue weighted by Gasteiger charge is 2.16. The molecule has 0 saturated heterocycles. The van der Waals surface area contributed by atoms with E-state index >= 15 is 0 Å². The van der Waals surface area contributed by atoms with Gasteiger partial charge in [-0.15, -0.1) is 10.2 Å². The predicted molar refractivity (Wildman–Crippen MR) is 41.4 cm³/mol. The zero-order valence-electron chi connectivity index (χ0n) is 6.71. The maximum Gasteiger partial charge on any atom is 0.360 e. The molecule has 0 aliphatic carbocycles. The fraction of sp³-hybridized carbons (Fsp3) is 0.200. The highest BCUT2D eigenvalue weighted by molar-refractivity contribution is 6.41. The Kier molecular flexibility index (Phi) is 2.43. The van der Waals surface area contributed by atoms with E-state index in [9.17, 15) is 4.79 Å². The lowest BCUT2D eigenvalue weighted by molar-refractivity contribution is -0.129. The molecular weight excluding hydrogens is 178 g/mol. The van der Waals surface area contributed by atoms with Gasteiger partial charge in [0.25, 0.3) is 0 Å². The largest absolute Gasteiger partial charge is 0.476 e. The van der Waals surface area contributed by atoms with Crippen molar-refractivity contribution < 1.29 is 14.7 Å². The molecule has 0 bridgehead atoms. The van der Waals surface area contributed by atoms with Crippen molar-refractivity contribution in [1.82, 2.24) is 15.1 Å². The van der Waals surface area contributed by atoms with E-state index in [1.54, 1.807) is 0 Å². The number of oxime groups is 1. The van der Waals surface area contributed by atoms with Gasteiger partial charge < -0.3 is 15.8 Å². The van der Waals surface area contributed by atoms with Crippen molar-refractivity contribution in [2.75, 3.05) is 13.0 Å². The van der Waals surface area contributed by atoms with Crippen LogP contribution in [0.1, 0.15) is 5.69 Å². The van der Waals surface area contributed by atoms with Crippen molar-refractivity contribution >= 4 is 11.7 Å². The summed E-state index contributed by atoms with van der Waals surface area (Å²) in [5, 5.41) is 18.9. The normalized spacial score (nSPS) is 11.3. The van der Waals surface area contributed by atoms with Crippen molar-refractivity contribution in [3.05, 3.63) is 11.9 Å². The van der Waals surface area contributed by atoms with Crippen LogP contribution in [0.3, 0.4) is 0 Å². The van der Waals surface area contributed by atoms with E-state index in [1.807, 2.05) is 0 Å². The molecule has 0 aliphatic heterocycles. The highest BCUT2D eigenvalue weighted by Crippen LogP contribution is 1.95. The maximum atomic E-state index is 10.6. The average Bonchev–Trinajstić information content (AvgIpc) is 2.46. The van der Waals surface area contributed by atoms with E-state index in [1.165, 1.54) is 13.3 Å². The van der Waals surface area contributed by atoms with E-state index in [-0.39, 0.29) is 11.4 Å². The number of nitrogen functional groups attached to an aromatic ring is 1. The Bertz CT molecular complexity index is 344. The van der Waals surface area contributed by atoms with E-state index in [4.69, 9.17) is 10.9 Å². The van der Waals surface area contributed by atoms with E-state index < -0.39 is 5.97 Å². The monoisotopic (exact) mass is 185 g/mol. The zero-order chi connectivity index (χ0) is 9.84. The second kappa shape index (κ2) is 3.52. The molecule has 1 heterocycles. The number of nitrogens with two attached hydrogens (primary N) is 1. The number of nitrogens with zero attached hydrogens (tertiary/aromatic N) is 4. The van der Waals surface area contributed by atoms with Crippen molar-refractivity contribution in [3.8, 4) is 0 Å². The minimum atomic E-state index is -1.26. The zero-order valence-corrected chi connectivity index (χ0v) is 6.71. The van der Waals surface area contributed by atoms with Gasteiger partial charge in [0.05, 0.1) is 6.20 Å². The number of hydrogen-bond donors (Lipinski definition) is 2. The van der Waals surface area contributed by atoms with Gasteiger partial charge in [0.2, 0.25) is 5.71 Å². The van der Waals surface area contributed by atoms with Crippen molar-refractivity contribution in [3.63, 3.8) is 0 Å². The molecule has 0 spiro atoms. The Morgan fingerprint density at radius 3 is 2.92 bits per heavy atom. The van der Waals surface area contributed by atoms with Crippen molar-refractivity contribution in [1.29, 1.82) is 0 Å². The average molecular weight is 185 g/mol. The summed E-state index contributed by atoms with van der Waals surface area (Å²) in [4.78, 5) is 15.6. The summed E-state index contributed by atoms with van der Waals surface area (Å²) < 4.78 is 0. The van der Waals surface area contributed by atoms with Crippen LogP contribution in [0, 0.1) is 0 Å². The van der Waals surface area contributed by atoms with Crippen LogP contribution in [0.4, 0.5) is 0 Å². The van der Waals surface area contributed by atoms with Gasteiger partial charge >= 0.3 is 5.97 Å². The van der Waals surface area contributed by atoms with Gasteiger partial charge in [-0.3, -0.25) is 0 Å². The first-order chi connectivity index (χ1) is 6.15. The van der Waals surface area contributed by atoms with Crippen LogP contribution in [-0.2, 0) is 9.63 Å². The van der Waals surface area contributed by atoms with Gasteiger partial charge in [-0.05, 0) is 0 Å². The van der Waals surface area contributed by atoms with Gasteiger partial charge in [0.15, 0.2) is 0 Å². The third kappa shape index (κ3) is 1.92. The molecule has 8 heteroatoms. The van der Waals surface area contributed by atoms with Gasteiger partial charge in [-0.1, -0.05) is 10.1 Å².